The Morgan fingerprint density at radius 2 is 1.74 bits per heavy atom. The van der Waals surface area contributed by atoms with Crippen LogP contribution in [-0.4, -0.2) is 66.8 Å². The summed E-state index contributed by atoms with van der Waals surface area (Å²) >= 11 is 0. The lowest BCUT2D eigenvalue weighted by atomic mass is 9.85. The molecule has 0 spiro atoms. The molecule has 5 heteroatoms. The van der Waals surface area contributed by atoms with E-state index in [9.17, 15) is 4.79 Å². The average molecular weight is 269 g/mol. The fourth-order valence-electron chi connectivity index (χ4n) is 2.72. The van der Waals surface area contributed by atoms with Gasteiger partial charge in [0, 0.05) is 38.3 Å². The SMILES string of the molecule is CNC1CC(N2CCN(C(=O)OC(C)(C)C)CC2)C1. The average Bonchev–Trinajstić information content (AvgIpc) is 2.26. The number of carbonyl (C=O) groups is 1. The van der Waals surface area contributed by atoms with Crippen LogP contribution < -0.4 is 5.32 Å². The first-order valence-electron chi connectivity index (χ1n) is 7.28. The molecule has 1 saturated carbocycles. The van der Waals surface area contributed by atoms with Crippen molar-refractivity contribution >= 4 is 6.09 Å². The van der Waals surface area contributed by atoms with Crippen LogP contribution in [0.15, 0.2) is 0 Å². The molecule has 5 nitrogen and oxygen atoms in total. The molecule has 19 heavy (non-hydrogen) atoms. The van der Waals surface area contributed by atoms with Crippen LogP contribution in [0.3, 0.4) is 0 Å². The summed E-state index contributed by atoms with van der Waals surface area (Å²) in [6, 6.07) is 1.40. The van der Waals surface area contributed by atoms with E-state index in [0.717, 1.165) is 26.2 Å². The summed E-state index contributed by atoms with van der Waals surface area (Å²) in [5.74, 6) is 0. The van der Waals surface area contributed by atoms with Crippen molar-refractivity contribution < 1.29 is 9.53 Å². The second-order valence-corrected chi connectivity index (χ2v) is 6.61. The van der Waals surface area contributed by atoms with E-state index >= 15 is 0 Å². The predicted molar refractivity (Wildman–Crippen MR) is 75.2 cm³/mol. The third-order valence-corrected chi connectivity index (χ3v) is 4.00. The Hall–Kier alpha value is -0.810. The van der Waals surface area contributed by atoms with E-state index in [0.29, 0.717) is 12.1 Å². The van der Waals surface area contributed by atoms with Gasteiger partial charge in [-0.15, -0.1) is 0 Å². The van der Waals surface area contributed by atoms with Crippen LogP contribution in [-0.2, 0) is 4.74 Å². The molecule has 1 aliphatic carbocycles. The highest BCUT2D eigenvalue weighted by Gasteiger charge is 2.35. The Bertz CT molecular complexity index is 313. The van der Waals surface area contributed by atoms with Crippen molar-refractivity contribution in [1.82, 2.24) is 15.1 Å². The van der Waals surface area contributed by atoms with E-state index in [1.165, 1.54) is 12.8 Å². The van der Waals surface area contributed by atoms with Crippen molar-refractivity contribution in [3.05, 3.63) is 0 Å². The van der Waals surface area contributed by atoms with Crippen LogP contribution in [0.5, 0.6) is 0 Å². The first-order chi connectivity index (χ1) is 8.89. The summed E-state index contributed by atoms with van der Waals surface area (Å²) < 4.78 is 5.41. The molecule has 0 aromatic rings. The summed E-state index contributed by atoms with van der Waals surface area (Å²) in [6.45, 7) is 9.25. The minimum absolute atomic E-state index is 0.172. The van der Waals surface area contributed by atoms with Crippen molar-refractivity contribution in [2.24, 2.45) is 0 Å². The van der Waals surface area contributed by atoms with Crippen LogP contribution in [0, 0.1) is 0 Å². The first-order valence-corrected chi connectivity index (χ1v) is 7.28. The summed E-state index contributed by atoms with van der Waals surface area (Å²) in [5.41, 5.74) is -0.401. The highest BCUT2D eigenvalue weighted by molar-refractivity contribution is 5.68. The lowest BCUT2D eigenvalue weighted by molar-refractivity contribution is 0.00199. The number of amides is 1. The lowest BCUT2D eigenvalue weighted by Crippen LogP contribution is -2.58. The molecule has 2 rings (SSSR count). The molecule has 2 fully saturated rings. The van der Waals surface area contributed by atoms with Gasteiger partial charge in [-0.05, 0) is 40.7 Å². The van der Waals surface area contributed by atoms with Gasteiger partial charge in [0.25, 0.3) is 0 Å². The normalized spacial score (nSPS) is 28.9. The monoisotopic (exact) mass is 269 g/mol. The quantitative estimate of drug-likeness (QED) is 0.820. The van der Waals surface area contributed by atoms with Gasteiger partial charge in [0.15, 0.2) is 0 Å². The van der Waals surface area contributed by atoms with Crippen LogP contribution in [0.25, 0.3) is 0 Å². The van der Waals surface area contributed by atoms with Gasteiger partial charge in [-0.3, -0.25) is 4.90 Å². The van der Waals surface area contributed by atoms with Gasteiger partial charge in [-0.2, -0.15) is 0 Å². The second-order valence-electron chi connectivity index (χ2n) is 6.61. The molecule has 0 unspecified atom stereocenters. The topological polar surface area (TPSA) is 44.8 Å². The lowest BCUT2D eigenvalue weighted by Gasteiger charge is -2.46. The zero-order chi connectivity index (χ0) is 14.0. The van der Waals surface area contributed by atoms with Gasteiger partial charge in [0.1, 0.15) is 5.60 Å². The van der Waals surface area contributed by atoms with Crippen molar-refractivity contribution in [3.63, 3.8) is 0 Å². The minimum atomic E-state index is -0.401. The molecule has 1 heterocycles. The van der Waals surface area contributed by atoms with E-state index in [1.54, 1.807) is 0 Å². The van der Waals surface area contributed by atoms with Gasteiger partial charge in [0.2, 0.25) is 0 Å². The Kier molecular flexibility index (Phi) is 4.36. The van der Waals surface area contributed by atoms with Gasteiger partial charge >= 0.3 is 6.09 Å². The highest BCUT2D eigenvalue weighted by Crippen LogP contribution is 2.26. The van der Waals surface area contributed by atoms with Gasteiger partial charge < -0.3 is 15.0 Å². The van der Waals surface area contributed by atoms with Crippen LogP contribution in [0.1, 0.15) is 33.6 Å². The maximum Gasteiger partial charge on any atom is 0.410 e. The molecule has 0 aromatic carbocycles. The number of carbonyl (C=O) groups excluding carboxylic acids is 1. The van der Waals surface area contributed by atoms with E-state index in [4.69, 9.17) is 4.74 Å². The maximum atomic E-state index is 11.9. The third kappa shape index (κ3) is 3.83. The fraction of sp³-hybridized carbons (Fsp3) is 0.929. The van der Waals surface area contributed by atoms with E-state index in [1.807, 2.05) is 32.7 Å². The Morgan fingerprint density at radius 3 is 2.21 bits per heavy atom. The molecular weight excluding hydrogens is 242 g/mol. The number of nitrogens with zero attached hydrogens (tertiary/aromatic N) is 2. The van der Waals surface area contributed by atoms with Gasteiger partial charge in [0.05, 0.1) is 0 Å². The standard InChI is InChI=1S/C14H27N3O2/c1-14(2,3)19-13(18)17-7-5-16(6-8-17)12-9-11(10-12)15-4/h11-12,15H,5-10H2,1-4H3. The van der Waals surface area contributed by atoms with E-state index in [-0.39, 0.29) is 6.09 Å². The zero-order valence-corrected chi connectivity index (χ0v) is 12.6. The van der Waals surface area contributed by atoms with Crippen molar-refractivity contribution in [1.29, 1.82) is 0 Å². The van der Waals surface area contributed by atoms with Crippen LogP contribution in [0.4, 0.5) is 4.79 Å². The molecule has 0 atom stereocenters. The number of ether oxygens (including phenoxy) is 1. The van der Waals surface area contributed by atoms with E-state index < -0.39 is 5.60 Å². The highest BCUT2D eigenvalue weighted by atomic mass is 16.6. The van der Waals surface area contributed by atoms with Crippen molar-refractivity contribution in [2.75, 3.05) is 33.2 Å². The second kappa shape index (κ2) is 5.67. The Morgan fingerprint density at radius 1 is 1.16 bits per heavy atom. The number of hydrogen-bond donors (Lipinski definition) is 1. The Balaban J connectivity index is 1.72. The number of piperazine rings is 1. The van der Waals surface area contributed by atoms with Gasteiger partial charge in [-0.1, -0.05) is 0 Å². The zero-order valence-electron chi connectivity index (χ0n) is 12.6. The molecule has 0 radical (unpaired) electrons. The maximum absolute atomic E-state index is 11.9. The molecule has 1 N–H and O–H groups in total. The summed E-state index contributed by atoms with van der Waals surface area (Å²) in [6.07, 6.45) is 2.31. The molecule has 1 aliphatic heterocycles. The first kappa shape index (κ1) is 14.6. The van der Waals surface area contributed by atoms with Crippen molar-refractivity contribution in [3.8, 4) is 0 Å². The van der Waals surface area contributed by atoms with Gasteiger partial charge in [-0.25, -0.2) is 4.79 Å². The number of hydrogen-bond acceptors (Lipinski definition) is 4. The largest absolute Gasteiger partial charge is 0.444 e. The molecule has 0 bridgehead atoms. The van der Waals surface area contributed by atoms with Crippen LogP contribution in [0.2, 0.25) is 0 Å². The minimum Gasteiger partial charge on any atom is -0.444 e. The predicted octanol–water partition coefficient (Wildman–Crippen LogP) is 1.29. The number of rotatable bonds is 2. The molecule has 110 valence electrons. The molecule has 1 saturated heterocycles. The number of nitrogens with one attached hydrogen (secondary N) is 1. The molecule has 1 amide bonds. The Labute approximate surface area is 116 Å². The summed E-state index contributed by atoms with van der Waals surface area (Å²) in [4.78, 5) is 16.3. The molecule has 0 aromatic heterocycles. The molecular formula is C14H27N3O2. The molecule has 2 aliphatic rings. The van der Waals surface area contributed by atoms with Crippen molar-refractivity contribution in [2.45, 2.75) is 51.3 Å². The smallest absolute Gasteiger partial charge is 0.410 e. The fourth-order valence-corrected chi connectivity index (χ4v) is 2.72. The summed E-state index contributed by atoms with van der Waals surface area (Å²) in [5, 5.41) is 3.31. The van der Waals surface area contributed by atoms with Crippen LogP contribution >= 0.6 is 0 Å². The van der Waals surface area contributed by atoms with E-state index in [2.05, 4.69) is 10.2 Å². The third-order valence-electron chi connectivity index (χ3n) is 4.00. The summed E-state index contributed by atoms with van der Waals surface area (Å²) in [7, 11) is 2.03.